The predicted octanol–water partition coefficient (Wildman–Crippen LogP) is 3.54. The molecule has 0 radical (unpaired) electrons. The summed E-state index contributed by atoms with van der Waals surface area (Å²) in [5.41, 5.74) is 7.39. The van der Waals surface area contributed by atoms with Gasteiger partial charge in [-0.15, -0.1) is 0 Å². The van der Waals surface area contributed by atoms with E-state index in [-0.39, 0.29) is 6.04 Å². The van der Waals surface area contributed by atoms with Crippen LogP contribution in [0, 0.1) is 5.92 Å². The molecule has 0 aromatic heterocycles. The van der Waals surface area contributed by atoms with Gasteiger partial charge in [0.2, 0.25) is 0 Å². The molecular formula is C13H18ClNO. The van der Waals surface area contributed by atoms with E-state index >= 15 is 0 Å². The van der Waals surface area contributed by atoms with Crippen molar-refractivity contribution in [2.75, 3.05) is 7.11 Å². The highest BCUT2D eigenvalue weighted by atomic mass is 35.5. The molecular weight excluding hydrogens is 222 g/mol. The van der Waals surface area contributed by atoms with Crippen molar-refractivity contribution in [3.63, 3.8) is 0 Å². The van der Waals surface area contributed by atoms with E-state index in [1.165, 1.54) is 25.7 Å². The highest BCUT2D eigenvalue weighted by Crippen LogP contribution is 2.38. The van der Waals surface area contributed by atoms with Gasteiger partial charge in [-0.05, 0) is 30.9 Å². The van der Waals surface area contributed by atoms with Crippen LogP contribution in [0.25, 0.3) is 0 Å². The van der Waals surface area contributed by atoms with Gasteiger partial charge in [-0.2, -0.15) is 0 Å². The molecule has 1 saturated carbocycles. The first-order chi connectivity index (χ1) is 7.72. The maximum absolute atomic E-state index is 6.30. The Morgan fingerprint density at radius 2 is 2.06 bits per heavy atom. The number of benzene rings is 1. The second kappa shape index (κ2) is 5.07. The molecule has 1 aromatic rings. The third-order valence-electron chi connectivity index (χ3n) is 3.46. The van der Waals surface area contributed by atoms with Gasteiger partial charge < -0.3 is 10.5 Å². The van der Waals surface area contributed by atoms with Gasteiger partial charge in [-0.25, -0.2) is 0 Å². The van der Waals surface area contributed by atoms with Gasteiger partial charge in [0.1, 0.15) is 5.75 Å². The minimum Gasteiger partial charge on any atom is -0.496 e. The zero-order chi connectivity index (χ0) is 11.5. The van der Waals surface area contributed by atoms with E-state index in [9.17, 15) is 0 Å². The molecule has 2 rings (SSSR count). The van der Waals surface area contributed by atoms with Gasteiger partial charge in [0.25, 0.3) is 0 Å². The van der Waals surface area contributed by atoms with Crippen LogP contribution >= 0.6 is 11.6 Å². The van der Waals surface area contributed by atoms with Crippen molar-refractivity contribution < 1.29 is 4.74 Å². The van der Waals surface area contributed by atoms with Crippen molar-refractivity contribution in [2.24, 2.45) is 11.7 Å². The van der Waals surface area contributed by atoms with Crippen molar-refractivity contribution in [1.29, 1.82) is 0 Å². The lowest BCUT2D eigenvalue weighted by atomic mass is 9.92. The first-order valence-electron chi connectivity index (χ1n) is 5.81. The summed E-state index contributed by atoms with van der Waals surface area (Å²) < 4.78 is 5.34. The van der Waals surface area contributed by atoms with E-state index in [1.807, 2.05) is 18.2 Å². The summed E-state index contributed by atoms with van der Waals surface area (Å²) in [6, 6.07) is 5.79. The third-order valence-corrected chi connectivity index (χ3v) is 3.70. The number of ether oxygens (including phenoxy) is 1. The molecule has 1 unspecified atom stereocenters. The molecule has 1 atom stereocenters. The summed E-state index contributed by atoms with van der Waals surface area (Å²) >= 11 is 5.94. The van der Waals surface area contributed by atoms with Crippen molar-refractivity contribution in [3.05, 3.63) is 28.8 Å². The predicted molar refractivity (Wildman–Crippen MR) is 66.9 cm³/mol. The molecule has 2 nitrogen and oxygen atoms in total. The highest BCUT2D eigenvalue weighted by Gasteiger charge is 2.25. The lowest BCUT2D eigenvalue weighted by Crippen LogP contribution is -2.19. The number of hydrogen-bond acceptors (Lipinski definition) is 2. The van der Waals surface area contributed by atoms with Gasteiger partial charge in [0.15, 0.2) is 0 Å². The molecule has 0 bridgehead atoms. The van der Waals surface area contributed by atoms with Gasteiger partial charge in [0, 0.05) is 16.6 Å². The summed E-state index contributed by atoms with van der Waals surface area (Å²) in [5.74, 6) is 1.40. The largest absolute Gasteiger partial charge is 0.496 e. The normalized spacial score (nSPS) is 18.7. The smallest absolute Gasteiger partial charge is 0.125 e. The number of hydrogen-bond donors (Lipinski definition) is 1. The summed E-state index contributed by atoms with van der Waals surface area (Å²) in [7, 11) is 1.66. The lowest BCUT2D eigenvalue weighted by Gasteiger charge is -2.21. The van der Waals surface area contributed by atoms with Crippen molar-refractivity contribution in [1.82, 2.24) is 0 Å². The molecule has 16 heavy (non-hydrogen) atoms. The van der Waals surface area contributed by atoms with Crippen LogP contribution in [0.4, 0.5) is 0 Å². The van der Waals surface area contributed by atoms with Crippen LogP contribution in [0.3, 0.4) is 0 Å². The monoisotopic (exact) mass is 239 g/mol. The first-order valence-corrected chi connectivity index (χ1v) is 6.19. The molecule has 2 N–H and O–H groups in total. The van der Waals surface area contributed by atoms with E-state index < -0.39 is 0 Å². The van der Waals surface area contributed by atoms with E-state index in [2.05, 4.69) is 0 Å². The third kappa shape index (κ3) is 2.33. The fraction of sp³-hybridized carbons (Fsp3) is 0.538. The Balaban J connectivity index is 2.24. The van der Waals surface area contributed by atoms with Crippen LogP contribution in [-0.2, 0) is 0 Å². The second-order valence-electron chi connectivity index (χ2n) is 4.46. The Morgan fingerprint density at radius 3 is 2.69 bits per heavy atom. The molecule has 0 aliphatic heterocycles. The van der Waals surface area contributed by atoms with Gasteiger partial charge >= 0.3 is 0 Å². The molecule has 88 valence electrons. The molecule has 0 saturated heterocycles. The number of rotatable bonds is 3. The fourth-order valence-corrected chi connectivity index (χ4v) is 2.69. The Hall–Kier alpha value is -0.730. The Bertz CT molecular complexity index is 361. The average molecular weight is 240 g/mol. The zero-order valence-corrected chi connectivity index (χ0v) is 10.3. The maximum atomic E-state index is 6.30. The fourth-order valence-electron chi connectivity index (χ4n) is 2.53. The molecule has 1 fully saturated rings. The van der Waals surface area contributed by atoms with Gasteiger partial charge in [-0.1, -0.05) is 30.5 Å². The Morgan fingerprint density at radius 1 is 1.38 bits per heavy atom. The molecule has 1 aliphatic rings. The molecule has 0 spiro atoms. The lowest BCUT2D eigenvalue weighted by molar-refractivity contribution is 0.385. The quantitative estimate of drug-likeness (QED) is 0.876. The number of nitrogens with two attached hydrogens (primary N) is 1. The van der Waals surface area contributed by atoms with Crippen molar-refractivity contribution in [2.45, 2.75) is 31.7 Å². The van der Waals surface area contributed by atoms with E-state index in [1.54, 1.807) is 7.11 Å². The van der Waals surface area contributed by atoms with E-state index in [0.717, 1.165) is 11.3 Å². The number of methoxy groups -OCH3 is 1. The first kappa shape index (κ1) is 11.7. The van der Waals surface area contributed by atoms with Crippen molar-refractivity contribution in [3.8, 4) is 5.75 Å². The summed E-state index contributed by atoms with van der Waals surface area (Å²) in [4.78, 5) is 0. The van der Waals surface area contributed by atoms with Crippen LogP contribution in [0.1, 0.15) is 37.3 Å². The van der Waals surface area contributed by atoms with E-state index in [4.69, 9.17) is 22.1 Å². The molecule has 3 heteroatoms. The minimum absolute atomic E-state index is 0.0784. The van der Waals surface area contributed by atoms with Crippen LogP contribution < -0.4 is 10.5 Å². The number of halogens is 1. The summed E-state index contributed by atoms with van der Waals surface area (Å²) in [6.45, 7) is 0. The molecule has 1 aliphatic carbocycles. The molecule has 0 heterocycles. The Kier molecular flexibility index (Phi) is 3.72. The van der Waals surface area contributed by atoms with Crippen LogP contribution in [0.2, 0.25) is 5.02 Å². The molecule has 1 aromatic carbocycles. The summed E-state index contributed by atoms with van der Waals surface area (Å²) in [5, 5.41) is 0.694. The molecule has 0 amide bonds. The Labute approximate surface area is 102 Å². The maximum Gasteiger partial charge on any atom is 0.125 e. The minimum atomic E-state index is 0.0784. The highest BCUT2D eigenvalue weighted by molar-refractivity contribution is 6.30. The van der Waals surface area contributed by atoms with Crippen LogP contribution in [0.15, 0.2) is 18.2 Å². The van der Waals surface area contributed by atoms with Crippen LogP contribution in [-0.4, -0.2) is 7.11 Å². The van der Waals surface area contributed by atoms with Gasteiger partial charge in [0.05, 0.1) is 7.11 Å². The topological polar surface area (TPSA) is 35.2 Å². The van der Waals surface area contributed by atoms with Gasteiger partial charge in [-0.3, -0.25) is 0 Å². The van der Waals surface area contributed by atoms with Crippen molar-refractivity contribution >= 4 is 11.6 Å². The average Bonchev–Trinajstić information content (AvgIpc) is 2.81. The SMILES string of the molecule is COc1cc(Cl)ccc1C(N)C1CCCC1. The second-order valence-corrected chi connectivity index (χ2v) is 4.89. The van der Waals surface area contributed by atoms with Crippen LogP contribution in [0.5, 0.6) is 5.75 Å². The van der Waals surface area contributed by atoms with E-state index in [0.29, 0.717) is 10.9 Å². The standard InChI is InChI=1S/C13H18ClNO/c1-16-12-8-10(14)6-7-11(12)13(15)9-4-2-3-5-9/h6-9,13H,2-5,15H2,1H3. The zero-order valence-electron chi connectivity index (χ0n) is 9.58. The summed E-state index contributed by atoms with van der Waals surface area (Å²) in [6.07, 6.45) is 5.06.